The zero-order valence-corrected chi connectivity index (χ0v) is 34.5. The first-order valence-electron chi connectivity index (χ1n) is 20.8. The summed E-state index contributed by atoms with van der Waals surface area (Å²) in [6, 6.07) is 14.1. The van der Waals surface area contributed by atoms with Crippen LogP contribution in [0.4, 0.5) is 5.69 Å². The van der Waals surface area contributed by atoms with E-state index in [2.05, 4.69) is 15.5 Å². The lowest BCUT2D eigenvalue weighted by Crippen LogP contribution is -2.51. The predicted molar refractivity (Wildman–Crippen MR) is 224 cm³/mol. The standard InChI is InChI=1S/C45H50N4O14/c50-35(24-28(45(62)63)13-18-39(55)56)32(15-19-40(57)58)47-42(59)27(12-17-38(53)54)23-36(51)33(22-26-8-3-1-4-9-26)46-37(52)25-49-43(60)30-11-7-10-29-34(48-20-5-2-6-21-48)16-14-31(41(29)30)44(49)61/h1,3-4,7-11,14,16,27-28,32-33H,2,5-6,12-13,15,17-25H2,(H,46,52)(H,47,59)(H,53,54)(H,55,56)(H,57,58)(H,62,63)/t27?,28?,32?,33-/m0/s1. The van der Waals surface area contributed by atoms with Gasteiger partial charge in [0.25, 0.3) is 11.8 Å². The van der Waals surface area contributed by atoms with Crippen LogP contribution in [0, 0.1) is 11.8 Å². The number of anilines is 1. The Labute approximate surface area is 361 Å². The van der Waals surface area contributed by atoms with Gasteiger partial charge in [0.15, 0.2) is 11.6 Å². The van der Waals surface area contributed by atoms with E-state index in [1.165, 1.54) is 0 Å². The summed E-state index contributed by atoms with van der Waals surface area (Å²) in [5, 5.41) is 43.6. The topological polar surface area (TPSA) is 282 Å². The second kappa shape index (κ2) is 21.7. The van der Waals surface area contributed by atoms with Crippen LogP contribution in [0.5, 0.6) is 0 Å². The lowest BCUT2D eigenvalue weighted by Gasteiger charge is -2.32. The van der Waals surface area contributed by atoms with E-state index in [0.29, 0.717) is 10.9 Å². The maximum absolute atomic E-state index is 14.1. The Morgan fingerprint density at radius 2 is 1.17 bits per heavy atom. The zero-order valence-electron chi connectivity index (χ0n) is 34.5. The number of carboxylic acid groups (broad SMARTS) is 4. The van der Waals surface area contributed by atoms with Crippen LogP contribution in [-0.2, 0) is 44.8 Å². The van der Waals surface area contributed by atoms with Crippen LogP contribution in [-0.4, -0.2) is 116 Å². The SMILES string of the molecule is O=C(O)CCC(CC(=O)C(CCC(=O)O)NC(=O)C(CCC(=O)O)CC(=O)[C@H](Cc1ccccc1)NC(=O)CN1C(=O)c2cccc3c(N4CCCCC4)ccc(c23)C1=O)C(=O)O. The van der Waals surface area contributed by atoms with Gasteiger partial charge in [-0.3, -0.25) is 52.8 Å². The minimum absolute atomic E-state index is 0.116. The first-order valence-corrected chi connectivity index (χ1v) is 20.8. The summed E-state index contributed by atoms with van der Waals surface area (Å²) in [4.78, 5) is 132. The second-order valence-electron chi connectivity index (χ2n) is 15.8. The highest BCUT2D eigenvalue weighted by Gasteiger charge is 2.37. The number of benzene rings is 3. The van der Waals surface area contributed by atoms with Gasteiger partial charge in [0.1, 0.15) is 6.54 Å². The number of piperidine rings is 1. The minimum Gasteiger partial charge on any atom is -0.481 e. The van der Waals surface area contributed by atoms with Crippen molar-refractivity contribution in [1.29, 1.82) is 0 Å². The molecule has 3 aromatic carbocycles. The minimum atomic E-state index is -1.59. The molecule has 3 aromatic rings. The number of hydrogen-bond donors (Lipinski definition) is 6. The maximum atomic E-state index is 14.1. The summed E-state index contributed by atoms with van der Waals surface area (Å²) in [7, 11) is 0. The summed E-state index contributed by atoms with van der Waals surface area (Å²) in [5.41, 5.74) is 1.95. The maximum Gasteiger partial charge on any atom is 0.306 e. The first-order chi connectivity index (χ1) is 30.0. The van der Waals surface area contributed by atoms with Crippen molar-refractivity contribution in [1.82, 2.24) is 15.5 Å². The van der Waals surface area contributed by atoms with Crippen LogP contribution in [0.25, 0.3) is 10.8 Å². The number of carboxylic acids is 4. The van der Waals surface area contributed by atoms with E-state index in [9.17, 15) is 63.3 Å². The van der Waals surface area contributed by atoms with Crippen molar-refractivity contribution in [2.45, 2.75) is 89.1 Å². The molecule has 18 nitrogen and oxygen atoms in total. The van der Waals surface area contributed by atoms with Crippen LogP contribution < -0.4 is 15.5 Å². The van der Waals surface area contributed by atoms with Crippen molar-refractivity contribution >= 4 is 75.5 Å². The van der Waals surface area contributed by atoms with Crippen molar-refractivity contribution in [3.05, 3.63) is 77.4 Å². The summed E-state index contributed by atoms with van der Waals surface area (Å²) in [5.74, 6) is -13.4. The average molecular weight is 871 g/mol. The van der Waals surface area contributed by atoms with E-state index in [-0.39, 0.29) is 17.5 Å². The smallest absolute Gasteiger partial charge is 0.306 e. The first kappa shape index (κ1) is 47.1. The van der Waals surface area contributed by atoms with Crippen LogP contribution in [0.2, 0.25) is 0 Å². The lowest BCUT2D eigenvalue weighted by atomic mass is 9.89. The molecule has 63 heavy (non-hydrogen) atoms. The fraction of sp³-hybridized carbons (Fsp3) is 0.422. The molecule has 0 aliphatic carbocycles. The molecule has 4 amide bonds. The van der Waals surface area contributed by atoms with E-state index in [1.807, 2.05) is 12.1 Å². The molecule has 3 unspecified atom stereocenters. The quantitative estimate of drug-likeness (QED) is 0.0703. The van der Waals surface area contributed by atoms with Crippen LogP contribution in [0.15, 0.2) is 60.7 Å². The van der Waals surface area contributed by atoms with Gasteiger partial charge in [-0.1, -0.05) is 42.5 Å². The van der Waals surface area contributed by atoms with Gasteiger partial charge >= 0.3 is 23.9 Å². The number of hydrogen-bond acceptors (Lipinski definition) is 11. The van der Waals surface area contributed by atoms with Gasteiger partial charge in [0.2, 0.25) is 11.8 Å². The molecule has 2 aliphatic heterocycles. The molecule has 2 heterocycles. The molecule has 5 rings (SSSR count). The molecule has 0 bridgehead atoms. The number of aliphatic carboxylic acids is 4. The van der Waals surface area contributed by atoms with Crippen molar-refractivity contribution in [3.8, 4) is 0 Å². The molecule has 0 saturated carbocycles. The fourth-order valence-electron chi connectivity index (χ4n) is 8.04. The number of carbonyl (C=O) groups is 10. The second-order valence-corrected chi connectivity index (χ2v) is 15.8. The fourth-order valence-corrected chi connectivity index (χ4v) is 8.04. The van der Waals surface area contributed by atoms with E-state index in [0.717, 1.165) is 48.3 Å². The number of amides is 4. The van der Waals surface area contributed by atoms with Crippen LogP contribution in [0.3, 0.4) is 0 Å². The van der Waals surface area contributed by atoms with E-state index in [1.54, 1.807) is 48.5 Å². The Bertz CT molecular complexity index is 2250. The number of carbonyl (C=O) groups excluding carboxylic acids is 6. The van der Waals surface area contributed by atoms with Gasteiger partial charge < -0.3 is 36.0 Å². The third-order valence-corrected chi connectivity index (χ3v) is 11.4. The summed E-state index contributed by atoms with van der Waals surface area (Å²) >= 11 is 0. The number of rotatable bonds is 24. The highest BCUT2D eigenvalue weighted by atomic mass is 16.4. The summed E-state index contributed by atoms with van der Waals surface area (Å²) in [6.07, 6.45) is -1.60. The Kier molecular flexibility index (Phi) is 16.2. The molecule has 2 aliphatic rings. The molecule has 0 spiro atoms. The molecule has 4 atom stereocenters. The molecular weight excluding hydrogens is 821 g/mol. The van der Waals surface area contributed by atoms with Crippen molar-refractivity contribution < 1.29 is 68.4 Å². The van der Waals surface area contributed by atoms with Crippen molar-refractivity contribution in [3.63, 3.8) is 0 Å². The van der Waals surface area contributed by atoms with Crippen LogP contribution in [0.1, 0.15) is 96.9 Å². The molecule has 0 radical (unpaired) electrons. The number of nitrogens with one attached hydrogen (secondary N) is 2. The molecule has 6 N–H and O–H groups in total. The zero-order chi connectivity index (χ0) is 45.8. The number of imide groups is 1. The monoisotopic (exact) mass is 870 g/mol. The molecule has 1 saturated heterocycles. The molecule has 334 valence electrons. The van der Waals surface area contributed by atoms with Crippen molar-refractivity contribution in [2.24, 2.45) is 11.8 Å². The van der Waals surface area contributed by atoms with E-state index < -0.39 is 141 Å². The van der Waals surface area contributed by atoms with Gasteiger partial charge in [0.05, 0.1) is 18.0 Å². The lowest BCUT2D eigenvalue weighted by molar-refractivity contribution is -0.145. The Balaban J connectivity index is 1.35. The van der Waals surface area contributed by atoms with Gasteiger partial charge in [-0.05, 0) is 68.7 Å². The van der Waals surface area contributed by atoms with Gasteiger partial charge in [-0.25, -0.2) is 0 Å². The number of nitrogens with zero attached hydrogens (tertiary/aromatic N) is 2. The predicted octanol–water partition coefficient (Wildman–Crippen LogP) is 3.47. The van der Waals surface area contributed by atoms with Crippen LogP contribution >= 0.6 is 0 Å². The molecule has 1 fully saturated rings. The number of ketones is 2. The average Bonchev–Trinajstić information content (AvgIpc) is 3.25. The van der Waals surface area contributed by atoms with E-state index >= 15 is 0 Å². The third kappa shape index (κ3) is 12.5. The van der Waals surface area contributed by atoms with Crippen molar-refractivity contribution in [2.75, 3.05) is 24.5 Å². The summed E-state index contributed by atoms with van der Waals surface area (Å²) in [6.45, 7) is 0.903. The Morgan fingerprint density at radius 1 is 0.603 bits per heavy atom. The number of Topliss-reactive ketones (excluding diaryl/α,β-unsaturated/α-hetero) is 2. The molecule has 18 heteroatoms. The molecular formula is C45H50N4O14. The van der Waals surface area contributed by atoms with Gasteiger partial charge in [-0.15, -0.1) is 0 Å². The largest absolute Gasteiger partial charge is 0.481 e. The molecule has 0 aromatic heterocycles. The Morgan fingerprint density at radius 3 is 1.79 bits per heavy atom. The van der Waals surface area contributed by atoms with E-state index in [4.69, 9.17) is 5.11 Å². The highest BCUT2D eigenvalue weighted by molar-refractivity contribution is 6.27. The Hall–Kier alpha value is -6.98. The summed E-state index contributed by atoms with van der Waals surface area (Å²) < 4.78 is 0. The third-order valence-electron chi connectivity index (χ3n) is 11.4. The highest BCUT2D eigenvalue weighted by Crippen LogP contribution is 2.37. The normalized spacial score (nSPS) is 15.5. The van der Waals surface area contributed by atoms with Gasteiger partial charge in [0, 0.05) is 78.7 Å². The van der Waals surface area contributed by atoms with Gasteiger partial charge in [-0.2, -0.15) is 0 Å².